The number of nitrogens with zero attached hydrogens (tertiary/aromatic N) is 1. The molecule has 0 fully saturated rings. The van der Waals surface area contributed by atoms with Gasteiger partial charge in [0.25, 0.3) is 0 Å². The van der Waals surface area contributed by atoms with Crippen molar-refractivity contribution >= 4 is 21.9 Å². The fourth-order valence-corrected chi connectivity index (χ4v) is 6.71. The first kappa shape index (κ1) is 23.3. The predicted molar refractivity (Wildman–Crippen MR) is 171 cm³/mol. The summed E-state index contributed by atoms with van der Waals surface area (Å²) in [6.07, 6.45) is -1.49. The molecule has 0 atom stereocenters. The van der Waals surface area contributed by atoms with E-state index in [1.54, 1.807) is 16.7 Å². The molecule has 42 heavy (non-hydrogen) atoms. The number of furan rings is 1. The first-order valence-corrected chi connectivity index (χ1v) is 14.5. The van der Waals surface area contributed by atoms with Crippen LogP contribution in [0.5, 0.6) is 0 Å². The minimum Gasteiger partial charge on any atom is -0.454 e. The Balaban J connectivity index is 1.49. The number of fused-ring (bicyclic) bond motifs is 6. The van der Waals surface area contributed by atoms with Crippen molar-refractivity contribution in [3.8, 4) is 33.5 Å². The highest BCUT2D eigenvalue weighted by Gasteiger charge is 2.35. The highest BCUT2D eigenvalue weighted by atomic mass is 19.1. The molecule has 7 rings (SSSR count). The third-order valence-electron chi connectivity index (χ3n) is 8.68. The lowest BCUT2D eigenvalue weighted by Gasteiger charge is -2.21. The first-order chi connectivity index (χ1) is 21.1. The number of benzene rings is 4. The topological polar surface area (TPSA) is 17.0 Å². The molecule has 0 radical (unpaired) electrons. The van der Waals surface area contributed by atoms with Gasteiger partial charge in [0, 0.05) is 31.1 Å². The molecule has 4 aromatic carbocycles. The summed E-state index contributed by atoms with van der Waals surface area (Å²) in [6.45, 7) is 12.0. The number of pyridine rings is 1. The molecule has 2 heterocycles. The van der Waals surface area contributed by atoms with E-state index in [-0.39, 0.29) is 17.4 Å². The molecule has 1 aliphatic carbocycles. The number of rotatable bonds is 3. The van der Waals surface area contributed by atoms with E-state index in [2.05, 4.69) is 44.2 Å². The number of hydrogen-bond donors (Lipinski definition) is 0. The third-order valence-corrected chi connectivity index (χ3v) is 8.68. The highest BCUT2D eigenvalue weighted by Crippen LogP contribution is 2.50. The zero-order chi connectivity index (χ0) is 32.2. The van der Waals surface area contributed by atoms with Crippen LogP contribution < -0.4 is 4.57 Å². The van der Waals surface area contributed by atoms with Crippen molar-refractivity contribution in [2.75, 3.05) is 0 Å². The molecule has 0 N–H and O–H groups in total. The molecule has 210 valence electrons. The van der Waals surface area contributed by atoms with Crippen LogP contribution in [0, 0.1) is 18.2 Å². The van der Waals surface area contributed by atoms with Gasteiger partial charge in [-0.2, -0.15) is 0 Å². The summed E-state index contributed by atoms with van der Waals surface area (Å²) < 4.78 is 51.0. The van der Waals surface area contributed by atoms with Crippen LogP contribution in [-0.2, 0) is 18.8 Å². The van der Waals surface area contributed by atoms with E-state index < -0.39 is 11.8 Å². The molecule has 0 amide bonds. The van der Waals surface area contributed by atoms with E-state index in [9.17, 15) is 0 Å². The fraction of sp³-hybridized carbons (Fsp3) is 0.256. The van der Waals surface area contributed by atoms with Gasteiger partial charge in [-0.05, 0) is 75.9 Å². The van der Waals surface area contributed by atoms with Crippen LogP contribution in [0.4, 0.5) is 4.39 Å². The van der Waals surface area contributed by atoms with E-state index in [1.165, 1.54) is 22.8 Å². The van der Waals surface area contributed by atoms with Gasteiger partial charge in [-0.1, -0.05) is 83.1 Å². The van der Waals surface area contributed by atoms with Crippen molar-refractivity contribution in [2.24, 2.45) is 12.5 Å². The van der Waals surface area contributed by atoms with Crippen LogP contribution in [0.3, 0.4) is 0 Å². The van der Waals surface area contributed by atoms with E-state index in [4.69, 9.17) is 8.53 Å². The van der Waals surface area contributed by atoms with E-state index in [0.717, 1.165) is 33.0 Å². The second kappa shape index (κ2) is 9.13. The first-order valence-electron chi connectivity index (χ1n) is 16.0. The molecular formula is C39H37FNO+. The standard InChI is InChI=1S/C39H37FNO/c1-23-12-14-27-28-15-17-32(40)35(25-13-16-31-29(21-25)26-10-8-9-11-30(26)39(31,5)6)37(28)42-36(27)34(23)33-20-24(18-19-41(33)7)22-38(2,3)4/h8-21H,22H2,1-7H3/q+1/i19D,22D2. The average molecular weight is 558 g/mol. The SMILES string of the molecule is [2H]c1cc(C([2H])([2H])C(C)(C)C)cc(-c2c(C)ccc3c2oc2c(-c4ccc5c(c4)-c4ccccc4C5(C)C)c(F)ccc23)[n+]1C. The lowest BCUT2D eigenvalue weighted by atomic mass is 9.82. The maximum Gasteiger partial charge on any atom is 0.216 e. The summed E-state index contributed by atoms with van der Waals surface area (Å²) >= 11 is 0. The molecule has 0 saturated heterocycles. The molecular weight excluding hydrogens is 517 g/mol. The number of aromatic nitrogens is 1. The van der Waals surface area contributed by atoms with Crippen LogP contribution in [-0.4, -0.2) is 0 Å². The molecule has 3 heteroatoms. The number of halogens is 1. The van der Waals surface area contributed by atoms with Crippen molar-refractivity contribution in [3.63, 3.8) is 0 Å². The van der Waals surface area contributed by atoms with Crippen molar-refractivity contribution in [1.29, 1.82) is 0 Å². The smallest absolute Gasteiger partial charge is 0.216 e. The fourth-order valence-electron chi connectivity index (χ4n) is 6.71. The second-order valence-corrected chi connectivity index (χ2v) is 13.2. The quantitative estimate of drug-likeness (QED) is 0.198. The molecule has 2 nitrogen and oxygen atoms in total. The Hall–Kier alpha value is -4.24. The van der Waals surface area contributed by atoms with Gasteiger partial charge in [-0.25, -0.2) is 8.96 Å². The summed E-state index contributed by atoms with van der Waals surface area (Å²) in [5.41, 5.74) is 8.95. The molecule has 2 aromatic heterocycles. The monoisotopic (exact) mass is 557 g/mol. The largest absolute Gasteiger partial charge is 0.454 e. The van der Waals surface area contributed by atoms with Crippen LogP contribution in [0.2, 0.25) is 0 Å². The lowest BCUT2D eigenvalue weighted by molar-refractivity contribution is -0.660. The van der Waals surface area contributed by atoms with Gasteiger partial charge in [0.05, 0.1) is 11.1 Å². The Morgan fingerprint density at radius 3 is 2.31 bits per heavy atom. The lowest BCUT2D eigenvalue weighted by Crippen LogP contribution is -2.31. The molecule has 0 aliphatic heterocycles. The number of aryl methyl sites for hydroxylation is 1. The molecule has 0 saturated carbocycles. The van der Waals surface area contributed by atoms with Gasteiger partial charge in [0.2, 0.25) is 5.69 Å². The van der Waals surface area contributed by atoms with E-state index >= 15 is 4.39 Å². The maximum absolute atomic E-state index is 15.9. The zero-order valence-electron chi connectivity index (χ0n) is 28.2. The van der Waals surface area contributed by atoms with Crippen LogP contribution in [0.1, 0.15) is 61.0 Å². The van der Waals surface area contributed by atoms with Crippen molar-refractivity contribution in [3.05, 3.63) is 113 Å². The van der Waals surface area contributed by atoms with Crippen LogP contribution in [0.25, 0.3) is 55.4 Å². The van der Waals surface area contributed by atoms with E-state index in [1.807, 2.05) is 65.1 Å². The Labute approximate surface area is 251 Å². The summed E-state index contributed by atoms with van der Waals surface area (Å²) in [4.78, 5) is 0. The molecule has 6 aromatic rings. The zero-order valence-corrected chi connectivity index (χ0v) is 25.2. The van der Waals surface area contributed by atoms with Crippen molar-refractivity contribution in [1.82, 2.24) is 0 Å². The normalized spacial score (nSPS) is 15.4. The van der Waals surface area contributed by atoms with Gasteiger partial charge >= 0.3 is 0 Å². The Kier molecular flexibility index (Phi) is 5.07. The second-order valence-electron chi connectivity index (χ2n) is 13.2. The minimum absolute atomic E-state index is 0.149. The maximum atomic E-state index is 15.9. The summed E-state index contributed by atoms with van der Waals surface area (Å²) in [5, 5.41) is 1.65. The van der Waals surface area contributed by atoms with Crippen molar-refractivity contribution < 1.29 is 17.5 Å². The molecule has 0 spiro atoms. The van der Waals surface area contributed by atoms with Gasteiger partial charge in [0.15, 0.2) is 6.17 Å². The van der Waals surface area contributed by atoms with Crippen LogP contribution >= 0.6 is 0 Å². The van der Waals surface area contributed by atoms with Gasteiger partial charge in [-0.15, -0.1) is 0 Å². The molecule has 0 bridgehead atoms. The van der Waals surface area contributed by atoms with Crippen LogP contribution in [0.15, 0.2) is 89.5 Å². The third kappa shape index (κ3) is 4.01. The number of hydrogen-bond acceptors (Lipinski definition) is 1. The molecule has 0 unspecified atom stereocenters. The Bertz CT molecular complexity index is 2200. The average Bonchev–Trinajstić information content (AvgIpc) is 3.46. The van der Waals surface area contributed by atoms with Crippen molar-refractivity contribution in [2.45, 2.75) is 53.3 Å². The van der Waals surface area contributed by atoms with E-state index in [0.29, 0.717) is 28.0 Å². The predicted octanol–water partition coefficient (Wildman–Crippen LogP) is 10.1. The van der Waals surface area contributed by atoms with Gasteiger partial charge < -0.3 is 4.42 Å². The molecule has 1 aliphatic rings. The highest BCUT2D eigenvalue weighted by molar-refractivity contribution is 6.13. The van der Waals surface area contributed by atoms with Gasteiger partial charge in [0.1, 0.15) is 25.4 Å². The van der Waals surface area contributed by atoms with Gasteiger partial charge in [-0.3, -0.25) is 0 Å². The Morgan fingerprint density at radius 1 is 0.857 bits per heavy atom. The summed E-state index contributed by atoms with van der Waals surface area (Å²) in [6, 6.07) is 25.4. The Morgan fingerprint density at radius 2 is 1.55 bits per heavy atom. The minimum atomic E-state index is -1.68. The summed E-state index contributed by atoms with van der Waals surface area (Å²) in [5.74, 6) is -0.357. The summed E-state index contributed by atoms with van der Waals surface area (Å²) in [7, 11) is 1.81.